The average Bonchev–Trinajstić information content (AvgIpc) is 2.51. The van der Waals surface area contributed by atoms with Crippen LogP contribution in [0.1, 0.15) is 25.3 Å². The molecule has 23 heavy (non-hydrogen) atoms. The van der Waals surface area contributed by atoms with Crippen LogP contribution in [0, 0.1) is 6.92 Å². The number of alkyl carbamates (subject to hydrolysis) is 1. The van der Waals surface area contributed by atoms with E-state index in [1.807, 2.05) is 36.5 Å². The molecule has 0 heterocycles. The Kier molecular flexibility index (Phi) is 7.59. The fraction of sp³-hybridized carbons (Fsp3) is 0.438. The van der Waals surface area contributed by atoms with Crippen LogP contribution in [0.25, 0.3) is 0 Å². The fourth-order valence-electron chi connectivity index (χ4n) is 1.67. The summed E-state index contributed by atoms with van der Waals surface area (Å²) < 4.78 is 14.7. The van der Waals surface area contributed by atoms with Crippen LogP contribution < -0.4 is 10.1 Å². The van der Waals surface area contributed by atoms with Crippen LogP contribution in [0.4, 0.5) is 4.79 Å². The minimum absolute atomic E-state index is 0.113. The molecule has 0 aliphatic heterocycles. The zero-order valence-electron chi connectivity index (χ0n) is 13.5. The molecule has 2 amide bonds. The van der Waals surface area contributed by atoms with Gasteiger partial charge in [-0.15, -0.1) is 0 Å². The number of amides is 2. The first kappa shape index (κ1) is 18.5. The van der Waals surface area contributed by atoms with Gasteiger partial charge in [0.15, 0.2) is 6.10 Å². The largest absolute Gasteiger partial charge is 0.494 e. The van der Waals surface area contributed by atoms with Gasteiger partial charge >= 0.3 is 12.1 Å². The Morgan fingerprint density at radius 2 is 2.00 bits per heavy atom. The molecule has 0 radical (unpaired) electrons. The van der Waals surface area contributed by atoms with E-state index in [4.69, 9.17) is 9.47 Å². The standard InChI is InChI=1S/C16H21NO6/c1-11-6-4-7-13(10-11)22-9-5-8-14(18)23-12(2)15(19)17-16(20)21-3/h4,6-7,10,12H,5,8-9H2,1-3H3,(H,17,19,20)/t12-/m0/s1. The van der Waals surface area contributed by atoms with Gasteiger partial charge in [-0.3, -0.25) is 14.9 Å². The normalized spacial score (nSPS) is 11.3. The van der Waals surface area contributed by atoms with Crippen molar-refractivity contribution in [3.05, 3.63) is 29.8 Å². The predicted octanol–water partition coefficient (Wildman–Crippen LogP) is 1.97. The summed E-state index contributed by atoms with van der Waals surface area (Å²) in [7, 11) is 1.13. The molecule has 0 saturated carbocycles. The molecule has 0 unspecified atom stereocenters. The molecule has 0 aromatic heterocycles. The van der Waals surface area contributed by atoms with Gasteiger partial charge in [-0.05, 0) is 38.0 Å². The van der Waals surface area contributed by atoms with Crippen molar-refractivity contribution in [1.82, 2.24) is 5.32 Å². The number of esters is 1. The second-order valence-electron chi connectivity index (χ2n) is 4.88. The molecule has 0 aliphatic rings. The van der Waals surface area contributed by atoms with Gasteiger partial charge in [-0.1, -0.05) is 12.1 Å². The van der Waals surface area contributed by atoms with Crippen molar-refractivity contribution in [3.8, 4) is 5.75 Å². The van der Waals surface area contributed by atoms with Crippen molar-refractivity contribution < 1.29 is 28.6 Å². The number of aryl methyl sites for hydroxylation is 1. The van der Waals surface area contributed by atoms with E-state index in [0.717, 1.165) is 18.4 Å². The molecule has 7 nitrogen and oxygen atoms in total. The maximum Gasteiger partial charge on any atom is 0.413 e. The first-order chi connectivity index (χ1) is 10.9. The third-order valence-corrected chi connectivity index (χ3v) is 2.87. The smallest absolute Gasteiger partial charge is 0.413 e. The molecular formula is C16H21NO6. The second-order valence-corrected chi connectivity index (χ2v) is 4.88. The van der Waals surface area contributed by atoms with Crippen LogP contribution in [-0.2, 0) is 19.1 Å². The van der Waals surface area contributed by atoms with Crippen LogP contribution in [0.3, 0.4) is 0 Å². The van der Waals surface area contributed by atoms with E-state index in [1.54, 1.807) is 0 Å². The van der Waals surface area contributed by atoms with E-state index < -0.39 is 24.1 Å². The number of hydrogen-bond acceptors (Lipinski definition) is 6. The third kappa shape index (κ3) is 7.30. The zero-order valence-corrected chi connectivity index (χ0v) is 13.5. The summed E-state index contributed by atoms with van der Waals surface area (Å²) in [6.07, 6.45) is -1.40. The lowest BCUT2D eigenvalue weighted by Gasteiger charge is -2.12. The van der Waals surface area contributed by atoms with Crippen LogP contribution in [0.5, 0.6) is 5.75 Å². The fourth-order valence-corrected chi connectivity index (χ4v) is 1.67. The van der Waals surface area contributed by atoms with Crippen molar-refractivity contribution in [2.45, 2.75) is 32.8 Å². The summed E-state index contributed by atoms with van der Waals surface area (Å²) in [5, 5.41) is 1.93. The molecule has 1 N–H and O–H groups in total. The number of benzene rings is 1. The third-order valence-electron chi connectivity index (χ3n) is 2.87. The van der Waals surface area contributed by atoms with Crippen LogP contribution in [0.2, 0.25) is 0 Å². The molecular weight excluding hydrogens is 302 g/mol. The number of carbonyl (C=O) groups is 3. The first-order valence-electron chi connectivity index (χ1n) is 7.20. The van der Waals surface area contributed by atoms with Crippen LogP contribution in [-0.4, -0.2) is 37.8 Å². The Morgan fingerprint density at radius 1 is 1.26 bits per heavy atom. The zero-order chi connectivity index (χ0) is 17.2. The van der Waals surface area contributed by atoms with E-state index >= 15 is 0 Å². The molecule has 0 saturated heterocycles. The Balaban J connectivity index is 2.23. The Labute approximate surface area is 134 Å². The summed E-state index contributed by atoms with van der Waals surface area (Å²) in [5.41, 5.74) is 1.09. The summed E-state index contributed by atoms with van der Waals surface area (Å²) in [4.78, 5) is 34.0. The van der Waals surface area contributed by atoms with Gasteiger partial charge in [-0.25, -0.2) is 4.79 Å². The van der Waals surface area contributed by atoms with Gasteiger partial charge in [0.25, 0.3) is 5.91 Å². The summed E-state index contributed by atoms with van der Waals surface area (Å²) in [6, 6.07) is 7.59. The number of carbonyl (C=O) groups excluding carboxylic acids is 3. The predicted molar refractivity (Wildman–Crippen MR) is 82.0 cm³/mol. The number of imide groups is 1. The van der Waals surface area contributed by atoms with Gasteiger partial charge in [0, 0.05) is 6.42 Å². The second kappa shape index (κ2) is 9.45. The lowest BCUT2D eigenvalue weighted by Crippen LogP contribution is -2.39. The molecule has 0 aliphatic carbocycles. The van der Waals surface area contributed by atoms with E-state index in [2.05, 4.69) is 4.74 Å². The van der Waals surface area contributed by atoms with E-state index in [1.165, 1.54) is 6.92 Å². The highest BCUT2D eigenvalue weighted by Gasteiger charge is 2.19. The van der Waals surface area contributed by atoms with E-state index in [-0.39, 0.29) is 6.42 Å². The number of methoxy groups -OCH3 is 1. The highest BCUT2D eigenvalue weighted by molar-refractivity contribution is 5.94. The lowest BCUT2D eigenvalue weighted by molar-refractivity contribution is -0.154. The summed E-state index contributed by atoms with van der Waals surface area (Å²) >= 11 is 0. The molecule has 1 aromatic rings. The van der Waals surface area contributed by atoms with E-state index in [0.29, 0.717) is 13.0 Å². The highest BCUT2D eigenvalue weighted by atomic mass is 16.6. The maximum atomic E-state index is 11.6. The van der Waals surface area contributed by atoms with E-state index in [9.17, 15) is 14.4 Å². The van der Waals surface area contributed by atoms with Crippen molar-refractivity contribution in [3.63, 3.8) is 0 Å². The molecule has 0 fully saturated rings. The molecule has 1 atom stereocenters. The molecule has 1 aromatic carbocycles. The number of hydrogen-bond donors (Lipinski definition) is 1. The Morgan fingerprint density at radius 3 is 2.65 bits per heavy atom. The van der Waals surface area contributed by atoms with Crippen molar-refractivity contribution in [1.29, 1.82) is 0 Å². The highest BCUT2D eigenvalue weighted by Crippen LogP contribution is 2.12. The SMILES string of the molecule is COC(=O)NC(=O)[C@H](C)OC(=O)CCCOc1cccc(C)c1. The minimum Gasteiger partial charge on any atom is -0.494 e. The number of ether oxygens (including phenoxy) is 3. The summed E-state index contributed by atoms with van der Waals surface area (Å²) in [5.74, 6) is -0.532. The van der Waals surface area contributed by atoms with Crippen molar-refractivity contribution in [2.24, 2.45) is 0 Å². The van der Waals surface area contributed by atoms with Gasteiger partial charge in [0.2, 0.25) is 0 Å². The molecule has 0 spiro atoms. The molecule has 126 valence electrons. The Hall–Kier alpha value is -2.57. The average molecular weight is 323 g/mol. The van der Waals surface area contributed by atoms with Gasteiger partial charge < -0.3 is 14.2 Å². The van der Waals surface area contributed by atoms with Crippen molar-refractivity contribution >= 4 is 18.0 Å². The van der Waals surface area contributed by atoms with Crippen LogP contribution in [0.15, 0.2) is 24.3 Å². The number of rotatable bonds is 7. The minimum atomic E-state index is -1.07. The summed E-state index contributed by atoms with van der Waals surface area (Å²) in [6.45, 7) is 3.70. The Bertz CT molecular complexity index is 557. The molecule has 7 heteroatoms. The van der Waals surface area contributed by atoms with Gasteiger partial charge in [0.05, 0.1) is 13.7 Å². The number of nitrogens with one attached hydrogen (secondary N) is 1. The lowest BCUT2D eigenvalue weighted by atomic mass is 10.2. The van der Waals surface area contributed by atoms with Crippen molar-refractivity contribution in [2.75, 3.05) is 13.7 Å². The quantitative estimate of drug-likeness (QED) is 0.609. The maximum absolute atomic E-state index is 11.6. The topological polar surface area (TPSA) is 90.9 Å². The van der Waals surface area contributed by atoms with Gasteiger partial charge in [0.1, 0.15) is 5.75 Å². The molecule has 1 rings (SSSR count). The molecule has 0 bridgehead atoms. The first-order valence-corrected chi connectivity index (χ1v) is 7.20. The van der Waals surface area contributed by atoms with Crippen LogP contribution >= 0.6 is 0 Å². The monoisotopic (exact) mass is 323 g/mol. The van der Waals surface area contributed by atoms with Gasteiger partial charge in [-0.2, -0.15) is 0 Å².